The smallest absolute Gasteiger partial charge is 0.236 e. The maximum Gasteiger partial charge on any atom is 0.236 e. The van der Waals surface area contributed by atoms with Gasteiger partial charge in [0.15, 0.2) is 0 Å². The van der Waals surface area contributed by atoms with Gasteiger partial charge in [0.05, 0.1) is 31.5 Å². The van der Waals surface area contributed by atoms with E-state index < -0.39 is 0 Å². The summed E-state index contributed by atoms with van der Waals surface area (Å²) in [5, 5.41) is 17.3. The van der Waals surface area contributed by atoms with Gasteiger partial charge in [0.25, 0.3) is 0 Å². The van der Waals surface area contributed by atoms with Crippen LogP contribution in [0.5, 0.6) is 0 Å². The Kier molecular flexibility index (Phi) is 7.00. The van der Waals surface area contributed by atoms with E-state index >= 15 is 0 Å². The quantitative estimate of drug-likeness (QED) is 0.760. The summed E-state index contributed by atoms with van der Waals surface area (Å²) in [6.45, 7) is 4.07. The van der Waals surface area contributed by atoms with Gasteiger partial charge in [-0.1, -0.05) is 0 Å². The maximum absolute atomic E-state index is 12.3. The molecule has 2 unspecified atom stereocenters. The van der Waals surface area contributed by atoms with E-state index in [0.29, 0.717) is 38.5 Å². The van der Waals surface area contributed by atoms with Gasteiger partial charge < -0.3 is 10.6 Å². The molecule has 1 amide bonds. The molecule has 0 aromatic heterocycles. The van der Waals surface area contributed by atoms with Crippen LogP contribution in [0.4, 0.5) is 0 Å². The molecule has 0 saturated carbocycles. The predicted molar refractivity (Wildman–Crippen MR) is 75.3 cm³/mol. The molecule has 0 bridgehead atoms. The molecule has 2 N–H and O–H groups in total. The number of nitriles is 2. The third-order valence-corrected chi connectivity index (χ3v) is 3.73. The van der Waals surface area contributed by atoms with Crippen LogP contribution in [0.1, 0.15) is 32.6 Å². The standard InChI is InChI=1S/C14H23N5O/c1-12-10-13(17)4-9-19(12)11-14(20)18(7-2-5-15)8-3-6-16/h12-13H,2-4,7-11,17H2,1H3. The number of carbonyl (C=O) groups excluding carboxylic acids is 1. The van der Waals surface area contributed by atoms with Crippen molar-refractivity contribution >= 4 is 5.91 Å². The zero-order chi connectivity index (χ0) is 15.0. The number of amides is 1. The van der Waals surface area contributed by atoms with Crippen LogP contribution in [0.3, 0.4) is 0 Å². The highest BCUT2D eigenvalue weighted by atomic mass is 16.2. The topological polar surface area (TPSA) is 97.2 Å². The van der Waals surface area contributed by atoms with Gasteiger partial charge in [-0.3, -0.25) is 9.69 Å². The minimum Gasteiger partial charge on any atom is -0.340 e. The van der Waals surface area contributed by atoms with Crippen LogP contribution in [0, 0.1) is 22.7 Å². The first-order valence-corrected chi connectivity index (χ1v) is 7.09. The van der Waals surface area contributed by atoms with Crippen LogP contribution in [-0.2, 0) is 4.79 Å². The summed E-state index contributed by atoms with van der Waals surface area (Å²) in [7, 11) is 0. The van der Waals surface area contributed by atoms with Crippen molar-refractivity contribution in [1.82, 2.24) is 9.80 Å². The van der Waals surface area contributed by atoms with Crippen molar-refractivity contribution < 1.29 is 4.79 Å². The molecule has 110 valence electrons. The van der Waals surface area contributed by atoms with Crippen molar-refractivity contribution in [3.8, 4) is 12.1 Å². The second kappa shape index (κ2) is 8.52. The van der Waals surface area contributed by atoms with Gasteiger partial charge in [0.1, 0.15) is 0 Å². The van der Waals surface area contributed by atoms with Crippen molar-refractivity contribution in [1.29, 1.82) is 10.5 Å². The highest BCUT2D eigenvalue weighted by molar-refractivity contribution is 5.78. The van der Waals surface area contributed by atoms with Gasteiger partial charge in [-0.2, -0.15) is 10.5 Å². The lowest BCUT2D eigenvalue weighted by atomic mass is 9.99. The van der Waals surface area contributed by atoms with E-state index in [9.17, 15) is 4.79 Å². The Balaban J connectivity index is 2.52. The summed E-state index contributed by atoms with van der Waals surface area (Å²) in [6, 6.07) is 4.61. The zero-order valence-corrected chi connectivity index (χ0v) is 12.1. The average molecular weight is 277 g/mol. The molecule has 20 heavy (non-hydrogen) atoms. The van der Waals surface area contributed by atoms with Crippen LogP contribution in [0.25, 0.3) is 0 Å². The summed E-state index contributed by atoms with van der Waals surface area (Å²) >= 11 is 0. The molecule has 2 atom stereocenters. The Morgan fingerprint density at radius 3 is 2.45 bits per heavy atom. The molecule has 1 aliphatic rings. The van der Waals surface area contributed by atoms with Gasteiger partial charge in [0.2, 0.25) is 5.91 Å². The van der Waals surface area contributed by atoms with Gasteiger partial charge in [-0.25, -0.2) is 0 Å². The fourth-order valence-electron chi connectivity index (χ4n) is 2.50. The van der Waals surface area contributed by atoms with E-state index in [2.05, 4.69) is 11.8 Å². The number of carbonyl (C=O) groups is 1. The van der Waals surface area contributed by atoms with Crippen molar-refractivity contribution in [3.05, 3.63) is 0 Å². The number of likely N-dealkylation sites (tertiary alicyclic amines) is 1. The van der Waals surface area contributed by atoms with Crippen molar-refractivity contribution in [2.75, 3.05) is 26.2 Å². The summed E-state index contributed by atoms with van der Waals surface area (Å²) in [5.41, 5.74) is 5.92. The minimum atomic E-state index is -0.00202. The van der Waals surface area contributed by atoms with Gasteiger partial charge >= 0.3 is 0 Å². The molecule has 0 aromatic rings. The van der Waals surface area contributed by atoms with Crippen LogP contribution >= 0.6 is 0 Å². The molecule has 1 saturated heterocycles. The van der Waals surface area contributed by atoms with Crippen LogP contribution < -0.4 is 5.73 Å². The van der Waals surface area contributed by atoms with Crippen molar-refractivity contribution in [2.45, 2.75) is 44.7 Å². The molecule has 6 heteroatoms. The lowest BCUT2D eigenvalue weighted by molar-refractivity contribution is -0.133. The Labute approximate surface area is 120 Å². The molecule has 1 fully saturated rings. The Hall–Kier alpha value is -1.63. The van der Waals surface area contributed by atoms with E-state index in [1.807, 2.05) is 12.1 Å². The number of piperidine rings is 1. The second-order valence-corrected chi connectivity index (χ2v) is 5.30. The summed E-state index contributed by atoms with van der Waals surface area (Å²) in [4.78, 5) is 16.0. The molecule has 1 rings (SSSR count). The zero-order valence-electron chi connectivity index (χ0n) is 12.1. The number of nitrogens with two attached hydrogens (primary N) is 1. The summed E-state index contributed by atoms with van der Waals surface area (Å²) in [5.74, 6) is -0.00202. The number of nitrogens with zero attached hydrogens (tertiary/aromatic N) is 4. The van der Waals surface area contributed by atoms with Crippen molar-refractivity contribution in [2.24, 2.45) is 5.73 Å². The SMILES string of the molecule is CC1CC(N)CCN1CC(=O)N(CCC#N)CCC#N. The highest BCUT2D eigenvalue weighted by Crippen LogP contribution is 2.15. The van der Waals surface area contributed by atoms with Gasteiger partial charge in [0, 0.05) is 31.7 Å². The van der Waals surface area contributed by atoms with E-state index in [-0.39, 0.29) is 11.9 Å². The highest BCUT2D eigenvalue weighted by Gasteiger charge is 2.26. The van der Waals surface area contributed by atoms with E-state index in [0.717, 1.165) is 19.4 Å². The Morgan fingerprint density at radius 1 is 1.35 bits per heavy atom. The number of hydrogen-bond donors (Lipinski definition) is 1. The lowest BCUT2D eigenvalue weighted by Crippen LogP contribution is -2.50. The van der Waals surface area contributed by atoms with E-state index in [1.54, 1.807) is 4.90 Å². The molecule has 0 aromatic carbocycles. The van der Waals surface area contributed by atoms with Gasteiger partial charge in [-0.05, 0) is 19.8 Å². The molecular formula is C14H23N5O. The molecule has 1 aliphatic heterocycles. The van der Waals surface area contributed by atoms with Gasteiger partial charge in [-0.15, -0.1) is 0 Å². The first-order valence-electron chi connectivity index (χ1n) is 7.09. The van der Waals surface area contributed by atoms with Crippen molar-refractivity contribution in [3.63, 3.8) is 0 Å². The first-order chi connectivity index (χ1) is 9.58. The van der Waals surface area contributed by atoms with Crippen LogP contribution in [0.15, 0.2) is 0 Å². The number of rotatable bonds is 6. The molecule has 1 heterocycles. The lowest BCUT2D eigenvalue weighted by Gasteiger charge is -2.36. The minimum absolute atomic E-state index is 0.00202. The predicted octanol–water partition coefficient (Wildman–Crippen LogP) is 0.454. The summed E-state index contributed by atoms with van der Waals surface area (Å²) < 4.78 is 0. The van der Waals surface area contributed by atoms with Crippen LogP contribution in [-0.4, -0.2) is 54.0 Å². The molecule has 0 aliphatic carbocycles. The van der Waals surface area contributed by atoms with Crippen LogP contribution in [0.2, 0.25) is 0 Å². The molecule has 0 spiro atoms. The summed E-state index contributed by atoms with van der Waals surface area (Å²) in [6.07, 6.45) is 2.42. The van der Waals surface area contributed by atoms with E-state index in [1.165, 1.54) is 0 Å². The normalized spacial score (nSPS) is 22.8. The Morgan fingerprint density at radius 2 is 1.95 bits per heavy atom. The second-order valence-electron chi connectivity index (χ2n) is 5.30. The molecular weight excluding hydrogens is 254 g/mol. The fraction of sp³-hybridized carbons (Fsp3) is 0.786. The molecule has 6 nitrogen and oxygen atoms in total. The maximum atomic E-state index is 12.3. The third kappa shape index (κ3) is 5.16. The first kappa shape index (κ1) is 16.4. The molecule has 0 radical (unpaired) electrons. The fourth-order valence-corrected chi connectivity index (χ4v) is 2.50. The monoisotopic (exact) mass is 277 g/mol. The largest absolute Gasteiger partial charge is 0.340 e. The van der Waals surface area contributed by atoms with E-state index in [4.69, 9.17) is 16.3 Å². The number of hydrogen-bond acceptors (Lipinski definition) is 5. The average Bonchev–Trinajstić information content (AvgIpc) is 2.42. The third-order valence-electron chi connectivity index (χ3n) is 3.73. The Bertz CT molecular complexity index is 379.